The Balaban J connectivity index is 1.51. The van der Waals surface area contributed by atoms with Gasteiger partial charge in [-0.15, -0.1) is 16.4 Å². The Morgan fingerprint density at radius 3 is 2.93 bits per heavy atom. The highest BCUT2D eigenvalue weighted by atomic mass is 32.1. The number of urea groups is 1. The van der Waals surface area contributed by atoms with Gasteiger partial charge < -0.3 is 10.6 Å². The van der Waals surface area contributed by atoms with E-state index in [1.807, 2.05) is 0 Å². The largest absolute Gasteiger partial charge is 0.347 e. The van der Waals surface area contributed by atoms with Crippen LogP contribution >= 0.6 is 11.3 Å². The summed E-state index contributed by atoms with van der Waals surface area (Å²) < 4.78 is 13.2. The van der Waals surface area contributed by atoms with Crippen molar-refractivity contribution in [2.24, 2.45) is 0 Å². The number of aromatic nitrogens is 4. The average molecular weight is 417 g/mol. The van der Waals surface area contributed by atoms with Crippen LogP contribution in [-0.4, -0.2) is 50.5 Å². The van der Waals surface area contributed by atoms with Crippen LogP contribution in [0.4, 0.5) is 9.18 Å². The Morgan fingerprint density at radius 1 is 1.48 bits per heavy atom. The van der Waals surface area contributed by atoms with E-state index in [0.717, 1.165) is 0 Å². The number of hydrogen-bond donors (Lipinski definition) is 3. The van der Waals surface area contributed by atoms with Gasteiger partial charge in [-0.25, -0.2) is 14.2 Å². The fourth-order valence-corrected chi connectivity index (χ4v) is 4.05. The van der Waals surface area contributed by atoms with Gasteiger partial charge >= 0.3 is 6.03 Å². The molecule has 1 aliphatic carbocycles. The quantitative estimate of drug-likeness (QED) is 0.612. The van der Waals surface area contributed by atoms with Crippen molar-refractivity contribution >= 4 is 34.9 Å². The minimum absolute atomic E-state index is 0.0163. The first kappa shape index (κ1) is 18.9. The molecule has 2 unspecified atom stereocenters. The van der Waals surface area contributed by atoms with Crippen LogP contribution in [0.1, 0.15) is 27.5 Å². The molecular weight excluding hydrogens is 401 g/mol. The molecule has 0 bridgehead atoms. The first-order valence-corrected chi connectivity index (χ1v) is 9.54. The van der Waals surface area contributed by atoms with Gasteiger partial charge in [0.15, 0.2) is 11.2 Å². The van der Waals surface area contributed by atoms with Crippen LogP contribution in [0.3, 0.4) is 0 Å². The summed E-state index contributed by atoms with van der Waals surface area (Å²) in [6, 6.07) is -0.648. The maximum atomic E-state index is 13.2. The van der Waals surface area contributed by atoms with E-state index in [9.17, 15) is 18.8 Å². The SMILES string of the molecule is Cc1ncsc1C1(CNC(=O)c2cnn(C3=CCC(F)C=C3)n2)NC(=O)NC1=O. The maximum Gasteiger partial charge on any atom is 0.322 e. The number of hydrogen-bond acceptors (Lipinski definition) is 7. The molecule has 150 valence electrons. The molecule has 0 radical (unpaired) electrons. The van der Waals surface area contributed by atoms with E-state index in [2.05, 4.69) is 31.1 Å². The number of nitrogens with zero attached hydrogens (tertiary/aromatic N) is 4. The van der Waals surface area contributed by atoms with Gasteiger partial charge in [0.2, 0.25) is 0 Å². The highest BCUT2D eigenvalue weighted by Gasteiger charge is 2.50. The second-order valence-corrected chi connectivity index (χ2v) is 7.38. The van der Waals surface area contributed by atoms with Crippen LogP contribution in [0, 0.1) is 6.92 Å². The molecule has 1 saturated heterocycles. The predicted molar refractivity (Wildman–Crippen MR) is 100 cm³/mol. The van der Waals surface area contributed by atoms with Gasteiger partial charge in [-0.3, -0.25) is 14.9 Å². The Hall–Kier alpha value is -3.41. The molecule has 4 rings (SSSR count). The van der Waals surface area contributed by atoms with E-state index in [-0.39, 0.29) is 18.7 Å². The molecule has 10 nitrogen and oxygen atoms in total. The van der Waals surface area contributed by atoms with Gasteiger partial charge in [-0.1, -0.05) is 6.08 Å². The molecule has 0 saturated carbocycles. The molecule has 4 amide bonds. The van der Waals surface area contributed by atoms with Crippen molar-refractivity contribution in [3.63, 3.8) is 0 Å². The molecule has 3 N–H and O–H groups in total. The van der Waals surface area contributed by atoms with Gasteiger partial charge in [0, 0.05) is 6.42 Å². The fraction of sp³-hybridized carbons (Fsp3) is 0.294. The number of halogens is 1. The van der Waals surface area contributed by atoms with E-state index in [1.165, 1.54) is 34.5 Å². The summed E-state index contributed by atoms with van der Waals surface area (Å²) in [6.45, 7) is 1.53. The Labute approximate surface area is 167 Å². The van der Waals surface area contributed by atoms with Crippen LogP contribution in [0.25, 0.3) is 5.70 Å². The third kappa shape index (κ3) is 3.42. The number of carbonyl (C=O) groups is 3. The Bertz CT molecular complexity index is 1060. The topological polar surface area (TPSA) is 131 Å². The standard InChI is InChI=1S/C17H16FN7O3S/c1-9-13(29-8-20-9)17(15(27)22-16(28)23-17)7-19-14(26)12-6-21-25(24-12)11-4-2-10(18)3-5-11/h2,4-6,8,10H,3,7H2,1H3,(H,19,26)(H2,22,23,27,28). The summed E-state index contributed by atoms with van der Waals surface area (Å²) in [5.74, 6) is -1.15. The summed E-state index contributed by atoms with van der Waals surface area (Å²) in [5, 5.41) is 15.5. The summed E-state index contributed by atoms with van der Waals surface area (Å²) in [7, 11) is 0. The van der Waals surface area contributed by atoms with Gasteiger partial charge in [0.25, 0.3) is 11.8 Å². The minimum Gasteiger partial charge on any atom is -0.347 e. The number of amides is 4. The van der Waals surface area contributed by atoms with Crippen LogP contribution < -0.4 is 16.0 Å². The van der Waals surface area contributed by atoms with Crippen molar-refractivity contribution in [2.45, 2.75) is 25.1 Å². The Kier molecular flexibility index (Phi) is 4.70. The number of aryl methyl sites for hydroxylation is 1. The number of thiazole rings is 1. The van der Waals surface area contributed by atoms with Gasteiger partial charge in [0.05, 0.1) is 34.5 Å². The van der Waals surface area contributed by atoms with Crippen LogP contribution in [0.15, 0.2) is 29.9 Å². The zero-order valence-corrected chi connectivity index (χ0v) is 16.0. The minimum atomic E-state index is -1.45. The summed E-state index contributed by atoms with van der Waals surface area (Å²) in [4.78, 5) is 42.7. The third-order valence-corrected chi connectivity index (χ3v) is 5.66. The lowest BCUT2D eigenvalue weighted by molar-refractivity contribution is -0.124. The van der Waals surface area contributed by atoms with Crippen LogP contribution in [0.5, 0.6) is 0 Å². The molecular formula is C17H16FN7O3S. The molecule has 1 fully saturated rings. The molecule has 3 heterocycles. The zero-order chi connectivity index (χ0) is 20.6. The highest BCUT2D eigenvalue weighted by molar-refractivity contribution is 7.10. The maximum absolute atomic E-state index is 13.2. The lowest BCUT2D eigenvalue weighted by atomic mass is 9.96. The molecule has 29 heavy (non-hydrogen) atoms. The van der Waals surface area contributed by atoms with Gasteiger partial charge in [-0.05, 0) is 19.1 Å². The summed E-state index contributed by atoms with van der Waals surface area (Å²) in [5.41, 5.74) is 1.26. The number of imide groups is 1. The van der Waals surface area contributed by atoms with Gasteiger partial charge in [0.1, 0.15) is 6.17 Å². The van der Waals surface area contributed by atoms with Crippen molar-refractivity contribution in [1.29, 1.82) is 0 Å². The zero-order valence-electron chi connectivity index (χ0n) is 15.2. The van der Waals surface area contributed by atoms with E-state index in [1.54, 1.807) is 18.5 Å². The number of carbonyl (C=O) groups excluding carboxylic acids is 3. The smallest absolute Gasteiger partial charge is 0.322 e. The fourth-order valence-electron chi connectivity index (χ4n) is 3.09. The summed E-state index contributed by atoms with van der Waals surface area (Å²) in [6.07, 6.45) is 4.99. The molecule has 0 aromatic carbocycles. The molecule has 1 aliphatic heterocycles. The predicted octanol–water partition coefficient (Wildman–Crippen LogP) is 0.647. The monoisotopic (exact) mass is 417 g/mol. The van der Waals surface area contributed by atoms with E-state index < -0.39 is 29.6 Å². The van der Waals surface area contributed by atoms with Crippen molar-refractivity contribution in [3.05, 3.63) is 46.2 Å². The number of allylic oxidation sites excluding steroid dienone is 4. The molecule has 2 aliphatic rings. The van der Waals surface area contributed by atoms with Crippen molar-refractivity contribution in [1.82, 2.24) is 35.9 Å². The van der Waals surface area contributed by atoms with Gasteiger partial charge in [-0.2, -0.15) is 9.90 Å². The lowest BCUT2D eigenvalue weighted by Gasteiger charge is -2.25. The van der Waals surface area contributed by atoms with Crippen molar-refractivity contribution in [3.8, 4) is 0 Å². The highest BCUT2D eigenvalue weighted by Crippen LogP contribution is 2.30. The number of nitrogens with one attached hydrogen (secondary N) is 3. The van der Waals surface area contributed by atoms with E-state index in [4.69, 9.17) is 0 Å². The molecule has 2 aromatic heterocycles. The van der Waals surface area contributed by atoms with E-state index in [0.29, 0.717) is 16.3 Å². The van der Waals surface area contributed by atoms with E-state index >= 15 is 0 Å². The second kappa shape index (κ2) is 7.20. The summed E-state index contributed by atoms with van der Waals surface area (Å²) >= 11 is 1.21. The molecule has 12 heteroatoms. The van der Waals surface area contributed by atoms with Crippen molar-refractivity contribution in [2.75, 3.05) is 6.54 Å². The van der Waals surface area contributed by atoms with Crippen LogP contribution in [-0.2, 0) is 10.3 Å². The normalized spacial score (nSPS) is 23.5. The number of rotatable bonds is 5. The molecule has 0 spiro atoms. The third-order valence-electron chi connectivity index (χ3n) is 4.57. The van der Waals surface area contributed by atoms with Crippen LogP contribution in [0.2, 0.25) is 0 Å². The lowest BCUT2D eigenvalue weighted by Crippen LogP contribution is -2.52. The average Bonchev–Trinajstić information content (AvgIpc) is 3.40. The molecule has 2 atom stereocenters. The second-order valence-electron chi connectivity index (χ2n) is 6.52. The van der Waals surface area contributed by atoms with Crippen molar-refractivity contribution < 1.29 is 18.8 Å². The first-order chi connectivity index (χ1) is 13.9. The Morgan fingerprint density at radius 2 is 2.31 bits per heavy atom. The molecule has 2 aromatic rings. The number of alkyl halides is 1. The first-order valence-electron chi connectivity index (χ1n) is 8.66.